The molecule has 2 atom stereocenters. The average Bonchev–Trinajstić information content (AvgIpc) is 3.23. The van der Waals surface area contributed by atoms with Crippen molar-refractivity contribution in [1.82, 2.24) is 14.9 Å². The normalized spacial score (nSPS) is 26.9. The number of hydrogen-bond acceptors (Lipinski definition) is 6. The van der Waals surface area contributed by atoms with Crippen molar-refractivity contribution in [2.24, 2.45) is 0 Å². The number of ether oxygens (including phenoxy) is 1. The maximum Gasteiger partial charge on any atom is 0.410 e. The quantitative estimate of drug-likeness (QED) is 0.842. The third-order valence-corrected chi connectivity index (χ3v) is 5.41. The lowest BCUT2D eigenvalue weighted by Crippen LogP contribution is -2.44. The summed E-state index contributed by atoms with van der Waals surface area (Å²) in [5, 5.41) is 0. The van der Waals surface area contributed by atoms with Crippen molar-refractivity contribution in [3.63, 3.8) is 0 Å². The van der Waals surface area contributed by atoms with E-state index in [2.05, 4.69) is 9.88 Å². The van der Waals surface area contributed by atoms with E-state index in [1.54, 1.807) is 0 Å². The summed E-state index contributed by atoms with van der Waals surface area (Å²) in [6.07, 6.45) is 6.30. The van der Waals surface area contributed by atoms with E-state index < -0.39 is 0 Å². The highest BCUT2D eigenvalue weighted by Crippen LogP contribution is 2.35. The number of aryl methyl sites for hydroxylation is 1. The number of nitrogens with zero attached hydrogens (tertiary/aromatic N) is 5. The molecule has 7 nitrogen and oxygen atoms in total. The number of fused-ring (bicyclic) bond motifs is 1. The monoisotopic (exact) mass is 331 g/mol. The van der Waals surface area contributed by atoms with Crippen molar-refractivity contribution in [3.8, 4) is 0 Å². The van der Waals surface area contributed by atoms with Gasteiger partial charge in [0.15, 0.2) is 0 Å². The topological polar surface area (TPSA) is 61.8 Å². The van der Waals surface area contributed by atoms with E-state index in [1.165, 1.54) is 12.8 Å². The highest BCUT2D eigenvalue weighted by Gasteiger charge is 2.50. The first-order valence-electron chi connectivity index (χ1n) is 8.79. The van der Waals surface area contributed by atoms with Crippen molar-refractivity contribution in [1.29, 1.82) is 0 Å². The van der Waals surface area contributed by atoms with Crippen LogP contribution in [0.3, 0.4) is 0 Å². The molecular formula is C17H25N5O2. The first kappa shape index (κ1) is 15.5. The van der Waals surface area contributed by atoms with Crippen molar-refractivity contribution in [2.75, 3.05) is 37.0 Å². The highest BCUT2D eigenvalue weighted by atomic mass is 16.6. The van der Waals surface area contributed by atoms with Crippen LogP contribution in [0.25, 0.3) is 0 Å². The van der Waals surface area contributed by atoms with Crippen LogP contribution in [0.2, 0.25) is 0 Å². The molecule has 1 aromatic rings. The molecule has 1 saturated carbocycles. The van der Waals surface area contributed by atoms with Gasteiger partial charge < -0.3 is 14.5 Å². The van der Waals surface area contributed by atoms with Crippen LogP contribution in [0.1, 0.15) is 31.2 Å². The van der Waals surface area contributed by atoms with Gasteiger partial charge in [-0.15, -0.1) is 0 Å². The number of rotatable bonds is 3. The molecule has 4 rings (SSSR count). The van der Waals surface area contributed by atoms with Gasteiger partial charge >= 0.3 is 6.09 Å². The van der Waals surface area contributed by atoms with Gasteiger partial charge in [-0.1, -0.05) is 12.8 Å². The standard InChI is InChI=1S/C17H25N5O2/c1-11-8-18-16(19-15(11)20(2)3)21-9-13-14(10-21)24-17(23)22(13)12-6-4-5-7-12/h8,12-14H,4-7,9-10H2,1-3H3/t13-,14+/m0/s1. The largest absolute Gasteiger partial charge is 0.442 e. The van der Waals surface area contributed by atoms with Crippen molar-refractivity contribution >= 4 is 17.9 Å². The van der Waals surface area contributed by atoms with E-state index in [0.29, 0.717) is 12.6 Å². The Morgan fingerprint density at radius 2 is 2.00 bits per heavy atom. The molecule has 130 valence electrons. The summed E-state index contributed by atoms with van der Waals surface area (Å²) >= 11 is 0. The third-order valence-electron chi connectivity index (χ3n) is 5.41. The van der Waals surface area contributed by atoms with E-state index in [4.69, 9.17) is 9.72 Å². The third kappa shape index (κ3) is 2.46. The van der Waals surface area contributed by atoms with Gasteiger partial charge in [0.05, 0.1) is 12.6 Å². The Morgan fingerprint density at radius 3 is 2.71 bits per heavy atom. The van der Waals surface area contributed by atoms with Gasteiger partial charge in [0.1, 0.15) is 11.9 Å². The minimum absolute atomic E-state index is 0.0641. The molecule has 24 heavy (non-hydrogen) atoms. The molecule has 1 aliphatic carbocycles. The summed E-state index contributed by atoms with van der Waals surface area (Å²) in [5.41, 5.74) is 1.06. The Hall–Kier alpha value is -2.05. The first-order chi connectivity index (χ1) is 11.5. The number of carbonyl (C=O) groups excluding carboxylic acids is 1. The Morgan fingerprint density at radius 1 is 1.25 bits per heavy atom. The van der Waals surface area contributed by atoms with Crippen LogP contribution < -0.4 is 9.80 Å². The minimum Gasteiger partial charge on any atom is -0.442 e. The minimum atomic E-state index is -0.129. The van der Waals surface area contributed by atoms with Gasteiger partial charge in [-0.05, 0) is 19.8 Å². The number of anilines is 2. The molecule has 0 unspecified atom stereocenters. The lowest BCUT2D eigenvalue weighted by atomic mass is 10.1. The Kier molecular flexibility index (Phi) is 3.73. The molecule has 2 aliphatic heterocycles. The number of aromatic nitrogens is 2. The van der Waals surface area contributed by atoms with Crippen LogP contribution in [-0.4, -0.2) is 66.3 Å². The zero-order valence-corrected chi connectivity index (χ0v) is 14.6. The fraction of sp³-hybridized carbons (Fsp3) is 0.706. The van der Waals surface area contributed by atoms with Crippen LogP contribution in [-0.2, 0) is 4.74 Å². The molecule has 3 aliphatic rings. The summed E-state index contributed by atoms with van der Waals surface area (Å²) < 4.78 is 5.64. The Balaban J connectivity index is 1.54. The Labute approximate surface area is 142 Å². The molecule has 0 N–H and O–H groups in total. The molecule has 0 spiro atoms. The van der Waals surface area contributed by atoms with Gasteiger partial charge in [0.25, 0.3) is 0 Å². The van der Waals surface area contributed by atoms with Crippen molar-refractivity contribution in [2.45, 2.75) is 50.8 Å². The van der Waals surface area contributed by atoms with Gasteiger partial charge in [0.2, 0.25) is 5.95 Å². The molecule has 1 aromatic heterocycles. The van der Waals surface area contributed by atoms with Crippen LogP contribution in [0.5, 0.6) is 0 Å². The van der Waals surface area contributed by atoms with E-state index in [-0.39, 0.29) is 18.2 Å². The average molecular weight is 331 g/mol. The molecular weight excluding hydrogens is 306 g/mol. The lowest BCUT2D eigenvalue weighted by molar-refractivity contribution is 0.129. The van der Waals surface area contributed by atoms with Crippen molar-refractivity contribution in [3.05, 3.63) is 11.8 Å². The first-order valence-corrected chi connectivity index (χ1v) is 8.79. The van der Waals surface area contributed by atoms with Crippen LogP contribution in [0, 0.1) is 6.92 Å². The second-order valence-corrected chi connectivity index (χ2v) is 7.31. The summed E-state index contributed by atoms with van der Waals surface area (Å²) in [6.45, 7) is 3.44. The highest BCUT2D eigenvalue weighted by molar-refractivity contribution is 5.72. The SMILES string of the molecule is Cc1cnc(N2C[C@H]3OC(=O)N(C4CCCC4)[C@H]3C2)nc1N(C)C. The van der Waals surface area contributed by atoms with Gasteiger partial charge in [0, 0.05) is 38.4 Å². The molecule has 2 saturated heterocycles. The molecule has 0 aromatic carbocycles. The summed E-state index contributed by atoms with van der Waals surface area (Å²) in [5.74, 6) is 1.66. The zero-order valence-electron chi connectivity index (χ0n) is 14.6. The van der Waals surface area contributed by atoms with Gasteiger partial charge in [-0.2, -0.15) is 4.98 Å². The Bertz CT molecular complexity index is 644. The molecule has 7 heteroatoms. The van der Waals surface area contributed by atoms with Crippen LogP contribution in [0.15, 0.2) is 6.20 Å². The fourth-order valence-electron chi connectivity index (χ4n) is 4.26. The lowest BCUT2D eigenvalue weighted by Gasteiger charge is -2.28. The maximum atomic E-state index is 12.3. The smallest absolute Gasteiger partial charge is 0.410 e. The molecule has 3 fully saturated rings. The van der Waals surface area contributed by atoms with Gasteiger partial charge in [-0.3, -0.25) is 4.90 Å². The zero-order chi connectivity index (χ0) is 16.8. The van der Waals surface area contributed by atoms with Crippen molar-refractivity contribution < 1.29 is 9.53 Å². The van der Waals surface area contributed by atoms with E-state index in [0.717, 1.165) is 36.7 Å². The van der Waals surface area contributed by atoms with Crippen LogP contribution >= 0.6 is 0 Å². The summed E-state index contributed by atoms with van der Waals surface area (Å²) in [4.78, 5) is 27.6. The van der Waals surface area contributed by atoms with E-state index in [9.17, 15) is 4.79 Å². The number of hydrogen-bond donors (Lipinski definition) is 0. The number of carbonyl (C=O) groups is 1. The maximum absolute atomic E-state index is 12.3. The molecule has 1 amide bonds. The van der Waals surface area contributed by atoms with Gasteiger partial charge in [-0.25, -0.2) is 9.78 Å². The summed E-state index contributed by atoms with van der Waals surface area (Å²) in [6, 6.07) is 0.483. The predicted octanol–water partition coefficient (Wildman–Crippen LogP) is 1.80. The second-order valence-electron chi connectivity index (χ2n) is 7.31. The van der Waals surface area contributed by atoms with Crippen LogP contribution in [0.4, 0.5) is 16.6 Å². The molecule has 0 bridgehead atoms. The predicted molar refractivity (Wildman–Crippen MR) is 91.5 cm³/mol. The molecule has 3 heterocycles. The molecule has 0 radical (unpaired) electrons. The fourth-order valence-corrected chi connectivity index (χ4v) is 4.26. The van der Waals surface area contributed by atoms with E-state index >= 15 is 0 Å². The number of amides is 1. The van der Waals surface area contributed by atoms with E-state index in [1.807, 2.05) is 37.0 Å². The second kappa shape index (κ2) is 5.79. The summed E-state index contributed by atoms with van der Waals surface area (Å²) in [7, 11) is 3.98.